The van der Waals surface area contributed by atoms with Crippen molar-refractivity contribution in [3.8, 4) is 5.75 Å². The van der Waals surface area contributed by atoms with Gasteiger partial charge in [0, 0.05) is 11.0 Å². The van der Waals surface area contributed by atoms with Crippen molar-refractivity contribution < 1.29 is 9.53 Å². The quantitative estimate of drug-likeness (QED) is 0.504. The van der Waals surface area contributed by atoms with Gasteiger partial charge in [0.25, 0.3) is 0 Å². The number of aryl methyl sites for hydroxylation is 1. The summed E-state index contributed by atoms with van der Waals surface area (Å²) in [5.41, 5.74) is 2.06. The van der Waals surface area contributed by atoms with Crippen LogP contribution in [-0.2, 0) is 10.2 Å². The summed E-state index contributed by atoms with van der Waals surface area (Å²) in [5, 5.41) is 0. The lowest BCUT2D eigenvalue weighted by atomic mass is 9.62. The van der Waals surface area contributed by atoms with Crippen LogP contribution >= 0.6 is 0 Å². The van der Waals surface area contributed by atoms with Gasteiger partial charge in [-0.3, -0.25) is 4.79 Å². The van der Waals surface area contributed by atoms with E-state index in [1.54, 1.807) is 0 Å². The van der Waals surface area contributed by atoms with Crippen molar-refractivity contribution in [1.29, 1.82) is 0 Å². The number of carbonyl (C=O) groups is 1. The van der Waals surface area contributed by atoms with Gasteiger partial charge in [0.1, 0.15) is 5.75 Å². The van der Waals surface area contributed by atoms with Crippen molar-refractivity contribution in [1.82, 2.24) is 0 Å². The molecule has 1 heterocycles. The topological polar surface area (TPSA) is 26.3 Å². The Morgan fingerprint density at radius 3 is 2.65 bits per heavy atom. The van der Waals surface area contributed by atoms with Gasteiger partial charge in [-0.05, 0) is 32.8 Å². The van der Waals surface area contributed by atoms with Gasteiger partial charge < -0.3 is 4.74 Å². The first-order valence-electron chi connectivity index (χ1n) is 6.31. The van der Waals surface area contributed by atoms with Crippen LogP contribution in [0, 0.1) is 12.3 Å². The summed E-state index contributed by atoms with van der Waals surface area (Å²) < 4.78 is 5.53. The highest BCUT2D eigenvalue weighted by Crippen LogP contribution is 2.59. The molecule has 0 spiro atoms. The molecule has 1 aliphatic carbocycles. The molecular formula is C15H18O2. The highest BCUT2D eigenvalue weighted by atomic mass is 16.5. The maximum Gasteiger partial charge on any atom is 0.318 e. The Bertz CT molecular complexity index is 506. The van der Waals surface area contributed by atoms with E-state index in [-0.39, 0.29) is 16.8 Å². The summed E-state index contributed by atoms with van der Waals surface area (Å²) in [4.78, 5) is 12.2. The van der Waals surface area contributed by atoms with Crippen LogP contribution in [0.25, 0.3) is 0 Å². The Hall–Kier alpha value is -1.31. The summed E-state index contributed by atoms with van der Waals surface area (Å²) in [7, 11) is 0. The lowest BCUT2D eigenvalue weighted by molar-refractivity contribution is -0.150. The Kier molecular flexibility index (Phi) is 1.99. The monoisotopic (exact) mass is 230 g/mol. The number of benzene rings is 1. The molecule has 2 heteroatoms. The van der Waals surface area contributed by atoms with Crippen molar-refractivity contribution in [2.75, 3.05) is 0 Å². The third kappa shape index (κ3) is 1.18. The van der Waals surface area contributed by atoms with Gasteiger partial charge >= 0.3 is 5.97 Å². The van der Waals surface area contributed by atoms with Crippen LogP contribution in [0.5, 0.6) is 5.75 Å². The zero-order chi connectivity index (χ0) is 12.3. The molecule has 0 unspecified atom stereocenters. The molecule has 1 saturated carbocycles. The number of rotatable bonds is 0. The van der Waals surface area contributed by atoms with Crippen LogP contribution in [0.3, 0.4) is 0 Å². The smallest absolute Gasteiger partial charge is 0.318 e. The second-order valence-electron chi connectivity index (χ2n) is 5.91. The van der Waals surface area contributed by atoms with Crippen LogP contribution < -0.4 is 4.74 Å². The lowest BCUT2D eigenvalue weighted by Crippen LogP contribution is -2.48. The molecule has 3 rings (SSSR count). The van der Waals surface area contributed by atoms with E-state index in [4.69, 9.17) is 4.74 Å². The lowest BCUT2D eigenvalue weighted by Gasteiger charge is -2.44. The van der Waals surface area contributed by atoms with E-state index in [0.29, 0.717) is 0 Å². The average Bonchev–Trinajstić information content (AvgIpc) is 2.60. The van der Waals surface area contributed by atoms with Gasteiger partial charge in [-0.15, -0.1) is 0 Å². The van der Waals surface area contributed by atoms with E-state index in [2.05, 4.69) is 26.8 Å². The molecule has 0 N–H and O–H groups in total. The van der Waals surface area contributed by atoms with Crippen molar-refractivity contribution >= 4 is 5.97 Å². The summed E-state index contributed by atoms with van der Waals surface area (Å²) in [5.74, 6) is 0.719. The molecule has 1 aromatic carbocycles. The highest BCUT2D eigenvalue weighted by Gasteiger charge is 2.58. The van der Waals surface area contributed by atoms with Crippen LogP contribution in [0.4, 0.5) is 0 Å². The number of hydrogen-bond acceptors (Lipinski definition) is 2. The van der Waals surface area contributed by atoms with E-state index in [1.807, 2.05) is 12.1 Å². The molecule has 0 amide bonds. The number of fused-ring (bicyclic) bond motifs is 3. The maximum atomic E-state index is 12.2. The fourth-order valence-electron chi connectivity index (χ4n) is 3.48. The Balaban J connectivity index is 2.27. The standard InChI is InChI=1S/C15H18O2/c1-10-5-6-12-11(9-10)14(2)7-4-8-15(14,3)13(16)17-12/h5-6,9H,4,7-8H2,1-3H3/t14-,15-/m1/s1. The van der Waals surface area contributed by atoms with Gasteiger partial charge in [-0.1, -0.05) is 31.0 Å². The SMILES string of the molecule is Cc1ccc2c(c1)[C@@]1(C)CCC[C@]1(C)C(=O)O2. The average molecular weight is 230 g/mol. The number of esters is 1. The van der Waals surface area contributed by atoms with Crippen molar-refractivity contribution in [3.63, 3.8) is 0 Å². The van der Waals surface area contributed by atoms with E-state index in [1.165, 1.54) is 11.1 Å². The molecule has 1 fully saturated rings. The van der Waals surface area contributed by atoms with Crippen LogP contribution in [0.15, 0.2) is 18.2 Å². The molecule has 17 heavy (non-hydrogen) atoms. The van der Waals surface area contributed by atoms with E-state index < -0.39 is 0 Å². The Morgan fingerprint density at radius 2 is 1.88 bits per heavy atom. The maximum absolute atomic E-state index is 12.2. The number of carbonyl (C=O) groups excluding carboxylic acids is 1. The number of ether oxygens (including phenoxy) is 1. The second-order valence-corrected chi connectivity index (χ2v) is 5.91. The van der Waals surface area contributed by atoms with E-state index in [9.17, 15) is 4.79 Å². The predicted octanol–water partition coefficient (Wildman–Crippen LogP) is 3.36. The molecule has 0 bridgehead atoms. The van der Waals surface area contributed by atoms with Gasteiger partial charge in [-0.2, -0.15) is 0 Å². The molecule has 1 aromatic rings. The summed E-state index contributed by atoms with van der Waals surface area (Å²) in [6, 6.07) is 6.13. The van der Waals surface area contributed by atoms with Crippen LogP contribution in [0.1, 0.15) is 44.2 Å². The molecular weight excluding hydrogens is 212 g/mol. The predicted molar refractivity (Wildman–Crippen MR) is 66.1 cm³/mol. The minimum Gasteiger partial charge on any atom is -0.426 e. The number of hydrogen-bond donors (Lipinski definition) is 0. The molecule has 2 nitrogen and oxygen atoms in total. The minimum absolute atomic E-state index is 0.0474. The largest absolute Gasteiger partial charge is 0.426 e. The van der Waals surface area contributed by atoms with Crippen LogP contribution in [0.2, 0.25) is 0 Å². The third-order valence-electron chi connectivity index (χ3n) is 4.95. The summed E-state index contributed by atoms with van der Waals surface area (Å²) in [6.07, 6.45) is 3.13. The van der Waals surface area contributed by atoms with Gasteiger partial charge in [0.05, 0.1) is 5.41 Å². The first-order chi connectivity index (χ1) is 7.97. The Morgan fingerprint density at radius 1 is 1.18 bits per heavy atom. The van der Waals surface area contributed by atoms with Gasteiger partial charge in [-0.25, -0.2) is 0 Å². The molecule has 0 radical (unpaired) electrons. The summed E-state index contributed by atoms with van der Waals surface area (Å²) >= 11 is 0. The second kappa shape index (κ2) is 3.12. The molecule has 2 atom stereocenters. The normalized spacial score (nSPS) is 35.1. The molecule has 0 aromatic heterocycles. The van der Waals surface area contributed by atoms with Crippen LogP contribution in [-0.4, -0.2) is 5.97 Å². The minimum atomic E-state index is -0.339. The third-order valence-corrected chi connectivity index (χ3v) is 4.95. The van der Waals surface area contributed by atoms with E-state index in [0.717, 1.165) is 25.0 Å². The van der Waals surface area contributed by atoms with E-state index >= 15 is 0 Å². The molecule has 1 aliphatic heterocycles. The van der Waals surface area contributed by atoms with Gasteiger partial charge in [0.2, 0.25) is 0 Å². The van der Waals surface area contributed by atoms with Gasteiger partial charge in [0.15, 0.2) is 0 Å². The Labute approximate surface area is 102 Å². The summed E-state index contributed by atoms with van der Waals surface area (Å²) in [6.45, 7) is 6.37. The first kappa shape index (κ1) is 10.8. The fraction of sp³-hybridized carbons (Fsp3) is 0.533. The molecule has 2 aliphatic rings. The van der Waals surface area contributed by atoms with Crippen molar-refractivity contribution in [2.45, 2.75) is 45.4 Å². The molecule has 0 saturated heterocycles. The zero-order valence-corrected chi connectivity index (χ0v) is 10.7. The molecule has 90 valence electrons. The first-order valence-corrected chi connectivity index (χ1v) is 6.31. The zero-order valence-electron chi connectivity index (χ0n) is 10.7. The van der Waals surface area contributed by atoms with Crippen molar-refractivity contribution in [3.05, 3.63) is 29.3 Å². The highest BCUT2D eigenvalue weighted by molar-refractivity contribution is 5.84. The van der Waals surface area contributed by atoms with Crippen molar-refractivity contribution in [2.24, 2.45) is 5.41 Å². The fourth-order valence-corrected chi connectivity index (χ4v) is 3.48.